The number of unbranched alkanes of at least 4 members (excludes halogenated alkanes) is 27. The lowest BCUT2D eigenvalue weighted by molar-refractivity contribution is -0.870. The Morgan fingerprint density at radius 3 is 1.10 bits per heavy atom. The normalized spacial score (nSPS) is 13.4. The molecule has 2 unspecified atom stereocenters. The number of ether oxygens (including phenoxy) is 4. The van der Waals surface area contributed by atoms with E-state index in [-0.39, 0.29) is 38.6 Å². The molecule has 0 aliphatic heterocycles. The van der Waals surface area contributed by atoms with E-state index in [1.165, 1.54) is 128 Å². The highest BCUT2D eigenvalue weighted by Crippen LogP contribution is 2.16. The number of likely N-dealkylation sites (N-methyl/N-ethyl adjacent to an activating group) is 1. The summed E-state index contributed by atoms with van der Waals surface area (Å²) in [6.07, 6.45) is 77.7. The predicted octanol–water partition coefficient (Wildman–Crippen LogP) is 18.0. The molecule has 448 valence electrons. The molecule has 0 rings (SSSR count). The molecule has 0 aromatic rings. The molecular weight excluding hydrogens is 971 g/mol. The van der Waals surface area contributed by atoms with Gasteiger partial charge in [-0.3, -0.25) is 9.59 Å². The summed E-state index contributed by atoms with van der Waals surface area (Å²) in [5.41, 5.74) is 0. The number of carbonyl (C=O) groups excluding carboxylic acids is 3. The zero-order chi connectivity index (χ0) is 56.9. The fourth-order valence-corrected chi connectivity index (χ4v) is 8.69. The predicted molar refractivity (Wildman–Crippen MR) is 329 cm³/mol. The third-order valence-electron chi connectivity index (χ3n) is 13.6. The molecule has 0 spiro atoms. The number of carboxylic acid groups (broad SMARTS) is 1. The molecule has 0 saturated heterocycles. The number of hydrogen-bond acceptors (Lipinski definition) is 8. The molecule has 9 nitrogen and oxygen atoms in total. The largest absolute Gasteiger partial charge is 0.545 e. The highest BCUT2D eigenvalue weighted by molar-refractivity contribution is 5.70. The first-order valence-corrected chi connectivity index (χ1v) is 31.9. The summed E-state index contributed by atoms with van der Waals surface area (Å²) in [4.78, 5) is 37.3. The molecule has 0 aliphatic rings. The van der Waals surface area contributed by atoms with Crippen molar-refractivity contribution in [2.45, 2.75) is 277 Å². The fourth-order valence-electron chi connectivity index (χ4n) is 8.69. The van der Waals surface area contributed by atoms with E-state index in [2.05, 4.69) is 111 Å². The van der Waals surface area contributed by atoms with Gasteiger partial charge in [0.1, 0.15) is 13.2 Å². The summed E-state index contributed by atoms with van der Waals surface area (Å²) in [6, 6.07) is 0. The van der Waals surface area contributed by atoms with Crippen LogP contribution in [-0.2, 0) is 33.3 Å². The van der Waals surface area contributed by atoms with Crippen LogP contribution >= 0.6 is 0 Å². The fraction of sp³-hybridized carbons (Fsp3) is 0.725. The van der Waals surface area contributed by atoms with Crippen LogP contribution in [0.1, 0.15) is 264 Å². The second kappa shape index (κ2) is 59.3. The summed E-state index contributed by atoms with van der Waals surface area (Å²) in [7, 11) is 5.92. The molecule has 0 fully saturated rings. The Hall–Kier alpha value is -3.79. The molecule has 0 saturated carbocycles. The Labute approximate surface area is 480 Å². The molecule has 2 atom stereocenters. The number of allylic oxidation sites excluding steroid dienone is 16. The first-order valence-electron chi connectivity index (χ1n) is 31.9. The Bertz CT molecular complexity index is 1600. The van der Waals surface area contributed by atoms with Gasteiger partial charge in [-0.05, 0) is 96.3 Å². The molecule has 0 radical (unpaired) electrons. The van der Waals surface area contributed by atoms with Gasteiger partial charge in [0.2, 0.25) is 0 Å². The van der Waals surface area contributed by atoms with Gasteiger partial charge in [-0.2, -0.15) is 0 Å². The Kier molecular flexibility index (Phi) is 56.5. The van der Waals surface area contributed by atoms with Crippen LogP contribution in [0.4, 0.5) is 0 Å². The van der Waals surface area contributed by atoms with Crippen LogP contribution in [0.2, 0.25) is 0 Å². The zero-order valence-corrected chi connectivity index (χ0v) is 51.0. The van der Waals surface area contributed by atoms with Gasteiger partial charge in [0.05, 0.1) is 40.3 Å². The van der Waals surface area contributed by atoms with E-state index in [4.69, 9.17) is 18.9 Å². The number of esters is 2. The lowest BCUT2D eigenvalue weighted by Gasteiger charge is -2.26. The molecule has 0 aliphatic carbocycles. The Morgan fingerprint density at radius 2 is 0.731 bits per heavy atom. The summed E-state index contributed by atoms with van der Waals surface area (Å²) in [5, 5.41) is 11.8. The number of hydrogen-bond donors (Lipinski definition) is 0. The quantitative estimate of drug-likeness (QED) is 0.0195. The van der Waals surface area contributed by atoms with Crippen LogP contribution < -0.4 is 5.11 Å². The van der Waals surface area contributed by atoms with Crippen LogP contribution in [-0.4, -0.2) is 82.3 Å². The van der Waals surface area contributed by atoms with Crippen molar-refractivity contribution in [3.63, 3.8) is 0 Å². The standard InChI is InChI=1S/C69H119NO8/c1-6-8-10-12-14-16-18-20-22-23-24-25-26-27-28-29-30-31-32-33-34-35-36-37-38-39-40-41-42-43-44-45-46-48-50-52-54-56-58-60-67(72)78-65(64-77-69(68(73)74)75-62-61-70(3,4)5)63-76-66(71)59-57-55-53-51-49-47-21-19-17-15-13-11-9-7-2/h8,10,14,16,19-22,24-25,27-28,30-31,33-34,65,69H,6-7,9,11-13,15,17-18,23,26,29,32,35-64H2,1-5H3/b10-8-,16-14-,21-19-,22-20-,25-24-,28-27-,31-30-,34-33-. The van der Waals surface area contributed by atoms with Crippen LogP contribution in [0.5, 0.6) is 0 Å². The number of nitrogens with zero attached hydrogens (tertiary/aromatic N) is 1. The first-order chi connectivity index (χ1) is 38.1. The van der Waals surface area contributed by atoms with Gasteiger partial charge in [-0.25, -0.2) is 0 Å². The minimum absolute atomic E-state index is 0.145. The van der Waals surface area contributed by atoms with E-state index in [1.54, 1.807) is 0 Å². The molecular formula is C69H119NO8. The third kappa shape index (κ3) is 59.9. The van der Waals surface area contributed by atoms with Crippen LogP contribution in [0.3, 0.4) is 0 Å². The van der Waals surface area contributed by atoms with Crippen LogP contribution in [0.25, 0.3) is 0 Å². The molecule has 0 N–H and O–H groups in total. The second-order valence-electron chi connectivity index (χ2n) is 22.3. The first kappa shape index (κ1) is 74.2. The second-order valence-corrected chi connectivity index (χ2v) is 22.3. The van der Waals surface area contributed by atoms with E-state index in [9.17, 15) is 19.5 Å². The SMILES string of the molecule is CC/C=C\C/C=C\C/C=C\C/C=C\C/C=C\C/C=C\C/C=C\CCCCCCCCCCCCCCCCCCCC(=O)OC(COC(=O)CCCCCCC/C=C\CCCCCCC)COC(OCC[N+](C)(C)C)C(=O)[O-]. The minimum Gasteiger partial charge on any atom is -0.545 e. The van der Waals surface area contributed by atoms with E-state index >= 15 is 0 Å². The maximum absolute atomic E-state index is 12.9. The van der Waals surface area contributed by atoms with Crippen molar-refractivity contribution in [2.24, 2.45) is 0 Å². The number of aliphatic carboxylic acids is 1. The molecule has 78 heavy (non-hydrogen) atoms. The van der Waals surface area contributed by atoms with Crippen molar-refractivity contribution in [3.8, 4) is 0 Å². The van der Waals surface area contributed by atoms with Crippen molar-refractivity contribution in [1.82, 2.24) is 0 Å². The van der Waals surface area contributed by atoms with Crippen molar-refractivity contribution in [1.29, 1.82) is 0 Å². The van der Waals surface area contributed by atoms with Crippen molar-refractivity contribution in [2.75, 3.05) is 47.5 Å². The van der Waals surface area contributed by atoms with E-state index in [0.29, 0.717) is 17.4 Å². The Morgan fingerprint density at radius 1 is 0.397 bits per heavy atom. The highest BCUT2D eigenvalue weighted by atomic mass is 16.7. The van der Waals surface area contributed by atoms with Crippen molar-refractivity contribution in [3.05, 3.63) is 97.2 Å². The smallest absolute Gasteiger partial charge is 0.306 e. The van der Waals surface area contributed by atoms with Crippen LogP contribution in [0.15, 0.2) is 97.2 Å². The van der Waals surface area contributed by atoms with Crippen molar-refractivity contribution >= 4 is 17.9 Å². The molecule has 0 heterocycles. The number of rotatable bonds is 58. The summed E-state index contributed by atoms with van der Waals surface area (Å²) in [6.45, 7) is 4.62. The maximum Gasteiger partial charge on any atom is 0.306 e. The van der Waals surface area contributed by atoms with Gasteiger partial charge in [0.25, 0.3) is 0 Å². The number of carbonyl (C=O) groups is 3. The van der Waals surface area contributed by atoms with Gasteiger partial charge in [0.15, 0.2) is 12.4 Å². The lowest BCUT2D eigenvalue weighted by atomic mass is 10.0. The van der Waals surface area contributed by atoms with Gasteiger partial charge in [0, 0.05) is 12.8 Å². The lowest BCUT2D eigenvalue weighted by Crippen LogP contribution is -2.44. The summed E-state index contributed by atoms with van der Waals surface area (Å²) < 4.78 is 22.7. The van der Waals surface area contributed by atoms with E-state index < -0.39 is 24.3 Å². The topological polar surface area (TPSA) is 111 Å². The zero-order valence-electron chi connectivity index (χ0n) is 51.0. The molecule has 0 bridgehead atoms. The maximum atomic E-state index is 12.9. The molecule has 0 aromatic carbocycles. The monoisotopic (exact) mass is 1090 g/mol. The highest BCUT2D eigenvalue weighted by Gasteiger charge is 2.22. The molecule has 0 amide bonds. The van der Waals surface area contributed by atoms with E-state index in [1.807, 2.05) is 21.1 Å². The number of carboxylic acids is 1. The van der Waals surface area contributed by atoms with Gasteiger partial charge < -0.3 is 33.3 Å². The summed E-state index contributed by atoms with van der Waals surface area (Å²) in [5.74, 6) is -2.29. The van der Waals surface area contributed by atoms with Crippen molar-refractivity contribution < 1.29 is 42.9 Å². The number of quaternary nitrogens is 1. The average molecular weight is 1090 g/mol. The van der Waals surface area contributed by atoms with E-state index in [0.717, 1.165) is 103 Å². The Balaban J connectivity index is 4.04. The molecule has 0 aromatic heterocycles. The average Bonchev–Trinajstić information content (AvgIpc) is 3.41. The third-order valence-corrected chi connectivity index (χ3v) is 13.6. The van der Waals surface area contributed by atoms with Gasteiger partial charge >= 0.3 is 11.9 Å². The molecule has 9 heteroatoms. The minimum atomic E-state index is -1.62. The van der Waals surface area contributed by atoms with Gasteiger partial charge in [-0.15, -0.1) is 0 Å². The van der Waals surface area contributed by atoms with Gasteiger partial charge in [-0.1, -0.05) is 252 Å². The van der Waals surface area contributed by atoms with Crippen LogP contribution in [0, 0.1) is 0 Å². The summed E-state index contributed by atoms with van der Waals surface area (Å²) >= 11 is 0.